The zero-order valence-electron chi connectivity index (χ0n) is 11.9. The van der Waals surface area contributed by atoms with Gasteiger partial charge in [-0.2, -0.15) is 0 Å². The van der Waals surface area contributed by atoms with Crippen molar-refractivity contribution in [2.45, 2.75) is 26.6 Å². The van der Waals surface area contributed by atoms with E-state index in [1.54, 1.807) is 6.20 Å². The zero-order chi connectivity index (χ0) is 15.2. The molecule has 6 heteroatoms. The van der Waals surface area contributed by atoms with Crippen LogP contribution in [-0.4, -0.2) is 32.1 Å². The van der Waals surface area contributed by atoms with Gasteiger partial charge in [-0.25, -0.2) is 4.98 Å². The maximum Gasteiger partial charge on any atom is 0.317 e. The van der Waals surface area contributed by atoms with Gasteiger partial charge in [0.1, 0.15) is 5.82 Å². The third-order valence-electron chi connectivity index (χ3n) is 3.19. The molecule has 0 aliphatic rings. The molecule has 1 N–H and O–H groups in total. The number of halogens is 1. The molecule has 0 radical (unpaired) electrons. The molecule has 0 spiro atoms. The monoisotopic (exact) mass is 307 g/mol. The van der Waals surface area contributed by atoms with Gasteiger partial charge >= 0.3 is 5.97 Å². The summed E-state index contributed by atoms with van der Waals surface area (Å²) in [6.07, 6.45) is 3.64. The molecule has 0 aliphatic carbocycles. The van der Waals surface area contributed by atoms with Crippen molar-refractivity contribution < 1.29 is 9.90 Å². The van der Waals surface area contributed by atoms with E-state index in [1.165, 1.54) is 0 Å². The van der Waals surface area contributed by atoms with Crippen LogP contribution in [0.1, 0.15) is 18.3 Å². The van der Waals surface area contributed by atoms with Crippen LogP contribution in [-0.2, 0) is 24.4 Å². The molecule has 112 valence electrons. The fourth-order valence-corrected chi connectivity index (χ4v) is 2.31. The molecular formula is C15H18ClN3O2. The fourth-order valence-electron chi connectivity index (χ4n) is 2.19. The number of carboxylic acids is 1. The highest BCUT2D eigenvalue weighted by Gasteiger charge is 2.14. The van der Waals surface area contributed by atoms with Gasteiger partial charge in [0.2, 0.25) is 0 Å². The summed E-state index contributed by atoms with van der Waals surface area (Å²) >= 11 is 5.87. The molecule has 1 aromatic carbocycles. The highest BCUT2D eigenvalue weighted by molar-refractivity contribution is 6.30. The number of carbonyl (C=O) groups is 1. The number of carboxylic acid groups (broad SMARTS) is 1. The lowest BCUT2D eigenvalue weighted by atomic mass is 10.2. The lowest BCUT2D eigenvalue weighted by Crippen LogP contribution is -2.30. The van der Waals surface area contributed by atoms with E-state index in [1.807, 2.05) is 46.9 Å². The Balaban J connectivity index is 2.10. The summed E-state index contributed by atoms with van der Waals surface area (Å²) < 4.78 is 2.01. The molecule has 0 amide bonds. The third-order valence-corrected chi connectivity index (χ3v) is 3.44. The molecule has 0 saturated carbocycles. The molecule has 0 atom stereocenters. The van der Waals surface area contributed by atoms with Crippen molar-refractivity contribution in [1.29, 1.82) is 0 Å². The topological polar surface area (TPSA) is 58.4 Å². The van der Waals surface area contributed by atoms with E-state index >= 15 is 0 Å². The molecular weight excluding hydrogens is 290 g/mol. The van der Waals surface area contributed by atoms with E-state index in [9.17, 15) is 4.79 Å². The van der Waals surface area contributed by atoms with E-state index in [0.29, 0.717) is 18.1 Å². The lowest BCUT2D eigenvalue weighted by molar-refractivity contribution is -0.138. The van der Waals surface area contributed by atoms with E-state index in [2.05, 4.69) is 4.98 Å². The molecule has 0 aliphatic heterocycles. The number of hydrogen-bond donors (Lipinski definition) is 1. The molecule has 0 saturated heterocycles. The number of aliphatic carboxylic acids is 1. The smallest absolute Gasteiger partial charge is 0.317 e. The van der Waals surface area contributed by atoms with Gasteiger partial charge in [0.05, 0.1) is 13.1 Å². The molecule has 0 bridgehead atoms. The summed E-state index contributed by atoms with van der Waals surface area (Å²) in [7, 11) is 0. The normalized spacial score (nSPS) is 11.0. The van der Waals surface area contributed by atoms with Crippen LogP contribution < -0.4 is 0 Å². The van der Waals surface area contributed by atoms with Crippen molar-refractivity contribution in [3.63, 3.8) is 0 Å². The van der Waals surface area contributed by atoms with Crippen LogP contribution in [0.2, 0.25) is 5.02 Å². The van der Waals surface area contributed by atoms with Crippen molar-refractivity contribution in [2.75, 3.05) is 6.54 Å². The highest BCUT2D eigenvalue weighted by atomic mass is 35.5. The Labute approximate surface area is 128 Å². The van der Waals surface area contributed by atoms with Crippen LogP contribution >= 0.6 is 11.6 Å². The minimum absolute atomic E-state index is 0.0286. The summed E-state index contributed by atoms with van der Waals surface area (Å²) in [4.78, 5) is 17.2. The number of rotatable bonds is 7. The number of nitrogens with zero attached hydrogens (tertiary/aromatic N) is 3. The van der Waals surface area contributed by atoms with Gasteiger partial charge in [-0.15, -0.1) is 0 Å². The van der Waals surface area contributed by atoms with Crippen LogP contribution in [0, 0.1) is 0 Å². The maximum atomic E-state index is 11.0. The predicted molar refractivity (Wildman–Crippen MR) is 81.1 cm³/mol. The molecule has 0 unspecified atom stereocenters. The van der Waals surface area contributed by atoms with Crippen molar-refractivity contribution in [3.8, 4) is 0 Å². The third kappa shape index (κ3) is 4.58. The summed E-state index contributed by atoms with van der Waals surface area (Å²) in [5.74, 6) is 0.0197. The number of benzene rings is 1. The highest BCUT2D eigenvalue weighted by Crippen LogP contribution is 2.13. The van der Waals surface area contributed by atoms with E-state index in [4.69, 9.17) is 16.7 Å². The Kier molecular flexibility index (Phi) is 5.36. The Hall–Kier alpha value is -1.85. The van der Waals surface area contributed by atoms with E-state index < -0.39 is 5.97 Å². The van der Waals surface area contributed by atoms with Crippen molar-refractivity contribution in [1.82, 2.24) is 14.5 Å². The summed E-state index contributed by atoms with van der Waals surface area (Å²) in [5.41, 5.74) is 1.02. The average molecular weight is 308 g/mol. The molecule has 21 heavy (non-hydrogen) atoms. The molecule has 5 nitrogen and oxygen atoms in total. The van der Waals surface area contributed by atoms with Gasteiger partial charge in [-0.1, -0.05) is 23.7 Å². The second kappa shape index (κ2) is 7.24. The van der Waals surface area contributed by atoms with Crippen molar-refractivity contribution >= 4 is 17.6 Å². The molecule has 1 heterocycles. The van der Waals surface area contributed by atoms with Crippen LogP contribution in [0.4, 0.5) is 0 Å². The summed E-state index contributed by atoms with van der Waals surface area (Å²) in [6.45, 7) is 3.86. The fraction of sp³-hybridized carbons (Fsp3) is 0.333. The standard InChI is InChI=1S/C15H18ClN3O2/c1-2-19-8-7-17-14(19)10-18(11-15(20)21)9-12-3-5-13(16)6-4-12/h3-8H,2,9-11H2,1H3,(H,20,21). The molecule has 0 fully saturated rings. The number of hydrogen-bond acceptors (Lipinski definition) is 3. The quantitative estimate of drug-likeness (QED) is 0.854. The average Bonchev–Trinajstić information content (AvgIpc) is 2.88. The predicted octanol–water partition coefficient (Wildman–Crippen LogP) is 2.64. The Morgan fingerprint density at radius 3 is 2.67 bits per heavy atom. The zero-order valence-corrected chi connectivity index (χ0v) is 12.6. The van der Waals surface area contributed by atoms with Crippen LogP contribution in [0.5, 0.6) is 0 Å². The Morgan fingerprint density at radius 1 is 1.33 bits per heavy atom. The first-order valence-electron chi connectivity index (χ1n) is 6.77. The minimum Gasteiger partial charge on any atom is -0.480 e. The Morgan fingerprint density at radius 2 is 2.05 bits per heavy atom. The Bertz CT molecular complexity index is 595. The van der Waals surface area contributed by atoms with E-state index in [-0.39, 0.29) is 6.54 Å². The van der Waals surface area contributed by atoms with E-state index in [0.717, 1.165) is 17.9 Å². The number of aromatic nitrogens is 2. The van der Waals surface area contributed by atoms with Crippen LogP contribution in [0.25, 0.3) is 0 Å². The first-order chi connectivity index (χ1) is 10.1. The maximum absolute atomic E-state index is 11.0. The summed E-state index contributed by atoms with van der Waals surface area (Å²) in [5, 5.41) is 9.74. The van der Waals surface area contributed by atoms with Gasteiger partial charge < -0.3 is 9.67 Å². The lowest BCUT2D eigenvalue weighted by Gasteiger charge is -2.20. The van der Waals surface area contributed by atoms with Gasteiger partial charge in [0.15, 0.2) is 0 Å². The van der Waals surface area contributed by atoms with Gasteiger partial charge in [0.25, 0.3) is 0 Å². The van der Waals surface area contributed by atoms with Gasteiger partial charge in [-0.3, -0.25) is 9.69 Å². The van der Waals surface area contributed by atoms with Gasteiger partial charge in [0, 0.05) is 30.5 Å². The van der Waals surface area contributed by atoms with Crippen LogP contribution in [0.3, 0.4) is 0 Å². The SMILES string of the molecule is CCn1ccnc1CN(CC(=O)O)Cc1ccc(Cl)cc1. The first-order valence-corrected chi connectivity index (χ1v) is 7.15. The molecule has 2 aromatic rings. The van der Waals surface area contributed by atoms with Crippen LogP contribution in [0.15, 0.2) is 36.7 Å². The van der Waals surface area contributed by atoms with Crippen molar-refractivity contribution in [3.05, 3.63) is 53.1 Å². The summed E-state index contributed by atoms with van der Waals surface area (Å²) in [6, 6.07) is 7.43. The molecule has 2 rings (SSSR count). The number of aryl methyl sites for hydroxylation is 1. The van der Waals surface area contributed by atoms with Crippen molar-refractivity contribution in [2.24, 2.45) is 0 Å². The number of imidazole rings is 1. The molecule has 1 aromatic heterocycles. The second-order valence-electron chi connectivity index (χ2n) is 4.79. The first kappa shape index (κ1) is 15.5. The second-order valence-corrected chi connectivity index (χ2v) is 5.23. The minimum atomic E-state index is -0.849. The van der Waals surface area contributed by atoms with Gasteiger partial charge in [-0.05, 0) is 24.6 Å². The largest absolute Gasteiger partial charge is 0.480 e.